The van der Waals surface area contributed by atoms with Crippen LogP contribution < -0.4 is 4.74 Å². The van der Waals surface area contributed by atoms with E-state index in [4.69, 9.17) is 20.8 Å². The average molecular weight is 183 g/mol. The summed E-state index contributed by atoms with van der Waals surface area (Å²) in [6.45, 7) is 0. The fourth-order valence-corrected chi connectivity index (χ4v) is 1.38. The standard InChI is InChI=1S/C9H7ClO2/c1-11-8-5-7(10)4-6-2-3-12-9(6)8/h2-5H,1H3. The summed E-state index contributed by atoms with van der Waals surface area (Å²) in [6.07, 6.45) is 1.61. The summed E-state index contributed by atoms with van der Waals surface area (Å²) < 4.78 is 10.3. The maximum absolute atomic E-state index is 5.84. The maximum Gasteiger partial charge on any atom is 0.175 e. The molecule has 1 aromatic heterocycles. The molecule has 0 saturated heterocycles. The minimum Gasteiger partial charge on any atom is -0.493 e. The van der Waals surface area contributed by atoms with Gasteiger partial charge in [-0.05, 0) is 12.1 Å². The second kappa shape index (κ2) is 2.72. The van der Waals surface area contributed by atoms with E-state index in [0.717, 1.165) is 11.0 Å². The van der Waals surface area contributed by atoms with Crippen LogP contribution in [0.25, 0.3) is 11.0 Å². The number of rotatable bonds is 1. The smallest absolute Gasteiger partial charge is 0.175 e. The van der Waals surface area contributed by atoms with Gasteiger partial charge in [0, 0.05) is 16.5 Å². The summed E-state index contributed by atoms with van der Waals surface area (Å²) in [4.78, 5) is 0. The summed E-state index contributed by atoms with van der Waals surface area (Å²) in [6, 6.07) is 5.42. The van der Waals surface area contributed by atoms with Crippen LogP contribution in [0.2, 0.25) is 5.02 Å². The topological polar surface area (TPSA) is 22.4 Å². The maximum atomic E-state index is 5.84. The lowest BCUT2D eigenvalue weighted by Gasteiger charge is -2.00. The van der Waals surface area contributed by atoms with Gasteiger partial charge >= 0.3 is 0 Å². The summed E-state index contributed by atoms with van der Waals surface area (Å²) in [5.74, 6) is 0.669. The molecule has 1 aromatic carbocycles. The van der Waals surface area contributed by atoms with Crippen LogP contribution in [0.3, 0.4) is 0 Å². The van der Waals surface area contributed by atoms with E-state index in [1.54, 1.807) is 19.4 Å². The number of methoxy groups -OCH3 is 1. The zero-order valence-electron chi connectivity index (χ0n) is 6.50. The largest absolute Gasteiger partial charge is 0.493 e. The van der Waals surface area contributed by atoms with E-state index in [1.165, 1.54) is 0 Å². The molecular weight excluding hydrogens is 176 g/mol. The van der Waals surface area contributed by atoms with Gasteiger partial charge in [0.1, 0.15) is 0 Å². The first kappa shape index (κ1) is 7.50. The van der Waals surface area contributed by atoms with E-state index in [2.05, 4.69) is 0 Å². The predicted molar refractivity (Wildman–Crippen MR) is 47.8 cm³/mol. The molecule has 2 aromatic rings. The van der Waals surface area contributed by atoms with Crippen LogP contribution in [0.5, 0.6) is 5.75 Å². The Hall–Kier alpha value is -1.15. The van der Waals surface area contributed by atoms with Gasteiger partial charge in [0.25, 0.3) is 0 Å². The lowest BCUT2D eigenvalue weighted by Crippen LogP contribution is -1.82. The molecule has 0 bridgehead atoms. The van der Waals surface area contributed by atoms with Gasteiger partial charge in [-0.25, -0.2) is 0 Å². The number of halogens is 1. The Balaban J connectivity index is 2.80. The molecule has 0 atom stereocenters. The molecule has 1 heterocycles. The van der Waals surface area contributed by atoms with Crippen LogP contribution in [0, 0.1) is 0 Å². The van der Waals surface area contributed by atoms with E-state index in [9.17, 15) is 0 Å². The Bertz CT molecular complexity index is 406. The molecule has 62 valence electrons. The van der Waals surface area contributed by atoms with Crippen molar-refractivity contribution in [2.24, 2.45) is 0 Å². The normalized spacial score (nSPS) is 10.5. The highest BCUT2D eigenvalue weighted by Gasteiger charge is 2.05. The monoisotopic (exact) mass is 182 g/mol. The number of ether oxygens (including phenoxy) is 1. The molecule has 0 aliphatic heterocycles. The first-order valence-electron chi connectivity index (χ1n) is 3.52. The van der Waals surface area contributed by atoms with Crippen LogP contribution >= 0.6 is 11.6 Å². The molecule has 2 nitrogen and oxygen atoms in total. The second-order valence-corrected chi connectivity index (χ2v) is 2.88. The average Bonchev–Trinajstić information content (AvgIpc) is 2.50. The van der Waals surface area contributed by atoms with Gasteiger partial charge in [-0.15, -0.1) is 0 Å². The molecule has 0 N–H and O–H groups in total. The van der Waals surface area contributed by atoms with Crippen LogP contribution in [0.4, 0.5) is 0 Å². The van der Waals surface area contributed by atoms with Gasteiger partial charge in [0.2, 0.25) is 0 Å². The van der Waals surface area contributed by atoms with Crippen LogP contribution in [0.15, 0.2) is 28.9 Å². The van der Waals surface area contributed by atoms with Gasteiger partial charge < -0.3 is 9.15 Å². The minimum absolute atomic E-state index is 0.653. The SMILES string of the molecule is COc1cc(Cl)cc2ccoc12. The van der Waals surface area contributed by atoms with Crippen molar-refractivity contribution in [2.75, 3.05) is 7.11 Å². The quantitative estimate of drug-likeness (QED) is 0.676. The van der Waals surface area contributed by atoms with E-state index >= 15 is 0 Å². The van der Waals surface area contributed by atoms with Crippen LogP contribution in [-0.2, 0) is 0 Å². The molecule has 0 unspecified atom stereocenters. The molecular formula is C9H7ClO2. The van der Waals surface area contributed by atoms with Crippen molar-refractivity contribution in [2.45, 2.75) is 0 Å². The first-order valence-corrected chi connectivity index (χ1v) is 3.90. The highest BCUT2D eigenvalue weighted by Crippen LogP contribution is 2.30. The highest BCUT2D eigenvalue weighted by atomic mass is 35.5. The molecule has 3 heteroatoms. The summed E-state index contributed by atoms with van der Waals surface area (Å²) in [5.41, 5.74) is 0.738. The first-order chi connectivity index (χ1) is 5.81. The summed E-state index contributed by atoms with van der Waals surface area (Å²) in [7, 11) is 1.59. The fraction of sp³-hybridized carbons (Fsp3) is 0.111. The van der Waals surface area contributed by atoms with Crippen molar-refractivity contribution < 1.29 is 9.15 Å². The van der Waals surface area contributed by atoms with Gasteiger partial charge in [-0.2, -0.15) is 0 Å². The molecule has 12 heavy (non-hydrogen) atoms. The highest BCUT2D eigenvalue weighted by molar-refractivity contribution is 6.31. The zero-order valence-corrected chi connectivity index (χ0v) is 7.26. The van der Waals surface area contributed by atoms with Crippen molar-refractivity contribution >= 4 is 22.6 Å². The number of fused-ring (bicyclic) bond motifs is 1. The van der Waals surface area contributed by atoms with Crippen molar-refractivity contribution in [3.8, 4) is 5.75 Å². The van der Waals surface area contributed by atoms with Gasteiger partial charge in [0.15, 0.2) is 11.3 Å². The van der Waals surface area contributed by atoms with Crippen molar-refractivity contribution in [3.05, 3.63) is 29.5 Å². The molecule has 0 aliphatic carbocycles. The molecule has 2 rings (SSSR count). The molecule has 0 saturated carbocycles. The van der Waals surface area contributed by atoms with Crippen molar-refractivity contribution in [3.63, 3.8) is 0 Å². The Morgan fingerprint density at radius 2 is 2.25 bits per heavy atom. The van der Waals surface area contributed by atoms with E-state index < -0.39 is 0 Å². The minimum atomic E-state index is 0.653. The lowest BCUT2D eigenvalue weighted by molar-refractivity contribution is 0.410. The van der Waals surface area contributed by atoms with Crippen LogP contribution in [-0.4, -0.2) is 7.11 Å². The number of furan rings is 1. The molecule has 0 amide bonds. The van der Waals surface area contributed by atoms with E-state index in [0.29, 0.717) is 10.8 Å². The fourth-order valence-electron chi connectivity index (χ4n) is 1.17. The zero-order chi connectivity index (χ0) is 8.55. The number of hydrogen-bond acceptors (Lipinski definition) is 2. The second-order valence-electron chi connectivity index (χ2n) is 2.45. The summed E-state index contributed by atoms with van der Waals surface area (Å²) in [5, 5.41) is 1.61. The summed E-state index contributed by atoms with van der Waals surface area (Å²) >= 11 is 5.84. The third-order valence-electron chi connectivity index (χ3n) is 1.70. The third kappa shape index (κ3) is 1.04. The van der Waals surface area contributed by atoms with E-state index in [1.807, 2.05) is 12.1 Å². The Labute approximate surface area is 74.7 Å². The van der Waals surface area contributed by atoms with Gasteiger partial charge in [-0.3, -0.25) is 0 Å². The third-order valence-corrected chi connectivity index (χ3v) is 1.92. The van der Waals surface area contributed by atoms with Crippen LogP contribution in [0.1, 0.15) is 0 Å². The van der Waals surface area contributed by atoms with Crippen molar-refractivity contribution in [1.29, 1.82) is 0 Å². The van der Waals surface area contributed by atoms with Crippen molar-refractivity contribution in [1.82, 2.24) is 0 Å². The number of benzene rings is 1. The Morgan fingerprint density at radius 3 is 3.00 bits per heavy atom. The van der Waals surface area contributed by atoms with Gasteiger partial charge in [0.05, 0.1) is 13.4 Å². The molecule has 0 radical (unpaired) electrons. The molecule has 0 fully saturated rings. The number of hydrogen-bond donors (Lipinski definition) is 0. The van der Waals surface area contributed by atoms with E-state index in [-0.39, 0.29) is 0 Å². The molecule has 0 spiro atoms. The van der Waals surface area contributed by atoms with Gasteiger partial charge in [-0.1, -0.05) is 11.6 Å². The predicted octanol–water partition coefficient (Wildman–Crippen LogP) is 3.09. The Kier molecular flexibility index (Phi) is 1.70. The Morgan fingerprint density at radius 1 is 1.42 bits per heavy atom. The molecule has 0 aliphatic rings. The lowest BCUT2D eigenvalue weighted by atomic mass is 10.2.